The summed E-state index contributed by atoms with van der Waals surface area (Å²) >= 11 is 6.03. The van der Waals surface area contributed by atoms with Crippen LogP contribution in [-0.2, 0) is 27.5 Å². The first kappa shape index (κ1) is 30.6. The molecule has 0 spiro atoms. The topological polar surface area (TPSA) is 83.6 Å². The highest BCUT2D eigenvalue weighted by atomic mass is 35.5. The minimum Gasteiger partial charge on any atom is -0.496 e. The number of nitrogens with zero attached hydrogens (tertiary/aromatic N) is 3. The third-order valence-electron chi connectivity index (χ3n) is 7.27. The van der Waals surface area contributed by atoms with Gasteiger partial charge in [0.1, 0.15) is 5.75 Å². The van der Waals surface area contributed by atoms with Gasteiger partial charge in [0.15, 0.2) is 0 Å². The van der Waals surface area contributed by atoms with Gasteiger partial charge in [0, 0.05) is 48.9 Å². The van der Waals surface area contributed by atoms with Crippen LogP contribution in [0.1, 0.15) is 33.1 Å². The normalized spacial score (nSPS) is 16.4. The first-order valence-corrected chi connectivity index (χ1v) is 14.0. The fourth-order valence-corrected chi connectivity index (χ4v) is 5.39. The van der Waals surface area contributed by atoms with Gasteiger partial charge in [-0.15, -0.1) is 5.17 Å². The zero-order chi connectivity index (χ0) is 30.6. The lowest BCUT2D eigenvalue weighted by Crippen LogP contribution is -2.48. The minimum atomic E-state index is -5.23. The van der Waals surface area contributed by atoms with Crippen molar-refractivity contribution in [3.63, 3.8) is 0 Å². The smallest absolute Gasteiger partial charge is 0.493 e. The van der Waals surface area contributed by atoms with Crippen molar-refractivity contribution in [2.75, 3.05) is 45.1 Å². The minimum absolute atomic E-state index is 0.140. The summed E-state index contributed by atoms with van der Waals surface area (Å²) in [5.41, 5.74) is 2.53. The van der Waals surface area contributed by atoms with Crippen LogP contribution in [0.25, 0.3) is 0 Å². The fraction of sp³-hybridized carbons (Fsp3) is 0.333. The van der Waals surface area contributed by atoms with E-state index in [1.807, 2.05) is 24.3 Å². The van der Waals surface area contributed by atoms with Crippen molar-refractivity contribution in [3.8, 4) is 5.75 Å². The van der Waals surface area contributed by atoms with E-state index in [-0.39, 0.29) is 36.9 Å². The molecule has 0 radical (unpaired) electrons. The highest BCUT2D eigenvalue weighted by molar-refractivity contribution is 6.30. The Hall–Kier alpha value is -3.84. The van der Waals surface area contributed by atoms with Crippen molar-refractivity contribution in [2.24, 2.45) is 0 Å². The summed E-state index contributed by atoms with van der Waals surface area (Å²) in [5, 5.41) is 5.68. The number of nitrogens with one attached hydrogen (secondary N) is 1. The predicted octanol–water partition coefficient (Wildman–Crippen LogP) is 4.91. The molecule has 2 heterocycles. The van der Waals surface area contributed by atoms with E-state index >= 15 is 0 Å². The highest BCUT2D eigenvalue weighted by Crippen LogP contribution is 2.38. The van der Waals surface area contributed by atoms with Crippen molar-refractivity contribution in [1.82, 2.24) is 15.2 Å². The predicted molar refractivity (Wildman–Crippen MR) is 152 cm³/mol. The molecule has 9 nitrogen and oxygen atoms in total. The molecule has 0 aromatic heterocycles. The van der Waals surface area contributed by atoms with Gasteiger partial charge < -0.3 is 19.6 Å². The molecule has 1 fully saturated rings. The molecule has 0 saturated carbocycles. The highest BCUT2D eigenvalue weighted by Gasteiger charge is 2.45. The molecular formula is C30H30ClF3N4O5. The van der Waals surface area contributed by atoms with Gasteiger partial charge in [-0.2, -0.15) is 18.2 Å². The Bertz CT molecular complexity index is 1470. The molecule has 2 aliphatic rings. The Morgan fingerprint density at radius 1 is 1.05 bits per heavy atom. The molecule has 1 atom stereocenters. The number of hydrogen-bond acceptors (Lipinski definition) is 8. The second-order valence-corrected chi connectivity index (χ2v) is 10.5. The Labute approximate surface area is 251 Å². The molecule has 0 aliphatic carbocycles. The molecule has 1 amide bonds. The summed E-state index contributed by atoms with van der Waals surface area (Å²) in [6, 6.07) is 18.7. The number of ether oxygens (including phenoxy) is 2. The molecule has 13 heteroatoms. The van der Waals surface area contributed by atoms with E-state index in [0.717, 1.165) is 16.3 Å². The number of morpholine rings is 1. The van der Waals surface area contributed by atoms with E-state index in [1.54, 1.807) is 43.5 Å². The molecule has 3 aromatic carbocycles. The molecule has 1 N–H and O–H groups in total. The Morgan fingerprint density at radius 2 is 1.81 bits per heavy atom. The van der Waals surface area contributed by atoms with Gasteiger partial charge in [0.2, 0.25) is 0 Å². The number of halogens is 4. The summed E-state index contributed by atoms with van der Waals surface area (Å²) in [4.78, 5) is 32.2. The summed E-state index contributed by atoms with van der Waals surface area (Å²) < 4.78 is 51.3. The van der Waals surface area contributed by atoms with Gasteiger partial charge in [-0.05, 0) is 41.5 Å². The Kier molecular flexibility index (Phi) is 9.40. The maximum atomic E-state index is 13.4. The zero-order valence-corrected chi connectivity index (χ0v) is 24.0. The quantitative estimate of drug-likeness (QED) is 0.362. The molecule has 3 aromatic rings. The number of carbonyl (C=O) groups excluding carboxylic acids is 2. The zero-order valence-electron chi connectivity index (χ0n) is 23.3. The van der Waals surface area contributed by atoms with Gasteiger partial charge in [-0.3, -0.25) is 9.69 Å². The Morgan fingerprint density at radius 3 is 2.53 bits per heavy atom. The molecule has 43 heavy (non-hydrogen) atoms. The summed E-state index contributed by atoms with van der Waals surface area (Å²) in [6.45, 7) is 2.64. The molecule has 1 saturated heterocycles. The summed E-state index contributed by atoms with van der Waals surface area (Å²) in [6.07, 6.45) is -5.23. The number of hydrazine groups is 1. The van der Waals surface area contributed by atoms with Crippen molar-refractivity contribution < 1.29 is 37.1 Å². The van der Waals surface area contributed by atoms with Crippen LogP contribution in [0.15, 0.2) is 66.7 Å². The van der Waals surface area contributed by atoms with Crippen LogP contribution < -0.4 is 15.2 Å². The van der Waals surface area contributed by atoms with E-state index in [1.165, 1.54) is 11.1 Å². The first-order valence-electron chi connectivity index (χ1n) is 13.6. The van der Waals surface area contributed by atoms with Crippen molar-refractivity contribution in [3.05, 3.63) is 94.0 Å². The largest absolute Gasteiger partial charge is 0.496 e. The number of carbonyl (C=O) groups is 2. The maximum absolute atomic E-state index is 13.4. The maximum Gasteiger partial charge on any atom is 0.493 e. The van der Waals surface area contributed by atoms with E-state index in [2.05, 4.69) is 10.2 Å². The number of anilines is 1. The van der Waals surface area contributed by atoms with Crippen LogP contribution >= 0.6 is 11.6 Å². The Balaban J connectivity index is 1.43. The van der Waals surface area contributed by atoms with Crippen LogP contribution in [-0.4, -0.2) is 67.9 Å². The lowest BCUT2D eigenvalue weighted by molar-refractivity contribution is -0.207. The lowest BCUT2D eigenvalue weighted by atomic mass is 10.0. The van der Waals surface area contributed by atoms with E-state index in [9.17, 15) is 22.8 Å². The number of methoxy groups -OCH3 is 1. The standard InChI is InChI=1S/C30H30ClF3N4O5/c1-41-27-8-3-2-7-24(27)26(36-11-13-42-14-12-36)19-37-18-22-10-9-21(16-25(22)38(37)43-29(40)30(32,33)34)28(39)35-17-20-5-4-6-23(31)15-20/h2-10,15-16,26H,11-14,17-19H2,1H3,(H,35,39). The monoisotopic (exact) mass is 618 g/mol. The number of rotatable bonds is 9. The van der Waals surface area contributed by atoms with Crippen LogP contribution in [0, 0.1) is 0 Å². The second kappa shape index (κ2) is 13.2. The third kappa shape index (κ3) is 7.21. The van der Waals surface area contributed by atoms with Gasteiger partial charge in [-0.1, -0.05) is 48.0 Å². The van der Waals surface area contributed by atoms with Crippen LogP contribution in [0.5, 0.6) is 5.75 Å². The number of benzene rings is 3. The van der Waals surface area contributed by atoms with Crippen molar-refractivity contribution in [1.29, 1.82) is 0 Å². The van der Waals surface area contributed by atoms with Crippen LogP contribution in [0.3, 0.4) is 0 Å². The lowest BCUT2D eigenvalue weighted by Gasteiger charge is -2.39. The van der Waals surface area contributed by atoms with Crippen molar-refractivity contribution in [2.45, 2.75) is 25.3 Å². The number of fused-ring (bicyclic) bond motifs is 1. The second-order valence-electron chi connectivity index (χ2n) is 10.1. The number of alkyl halides is 3. The average Bonchev–Trinajstić information content (AvgIpc) is 3.34. The van der Waals surface area contributed by atoms with E-state index in [0.29, 0.717) is 42.6 Å². The molecule has 1 unspecified atom stereocenters. The van der Waals surface area contributed by atoms with Crippen LogP contribution in [0.2, 0.25) is 5.02 Å². The molecule has 228 valence electrons. The fourth-order valence-electron chi connectivity index (χ4n) is 5.18. The average molecular weight is 619 g/mol. The number of para-hydroxylation sites is 1. The number of hydrogen-bond donors (Lipinski definition) is 1. The van der Waals surface area contributed by atoms with Crippen molar-refractivity contribution >= 4 is 29.2 Å². The van der Waals surface area contributed by atoms with E-state index < -0.39 is 18.1 Å². The van der Waals surface area contributed by atoms with Gasteiger partial charge in [-0.25, -0.2) is 4.79 Å². The molecule has 2 aliphatic heterocycles. The third-order valence-corrected chi connectivity index (χ3v) is 7.51. The number of amides is 1. The van der Waals surface area contributed by atoms with Crippen LogP contribution in [0.4, 0.5) is 18.9 Å². The SMILES string of the molecule is COc1ccccc1C(CN1Cc2ccc(C(=O)NCc3cccc(Cl)c3)cc2N1OC(=O)C(F)(F)F)N1CCOCC1. The van der Waals surface area contributed by atoms with E-state index in [4.69, 9.17) is 25.9 Å². The molecular weight excluding hydrogens is 589 g/mol. The summed E-state index contributed by atoms with van der Waals surface area (Å²) in [7, 11) is 1.55. The van der Waals surface area contributed by atoms with Gasteiger partial charge in [0.25, 0.3) is 5.91 Å². The molecule has 5 rings (SSSR count). The summed E-state index contributed by atoms with van der Waals surface area (Å²) in [5.74, 6) is -2.21. The first-order chi connectivity index (χ1) is 20.6. The van der Waals surface area contributed by atoms with Gasteiger partial charge in [0.05, 0.1) is 32.1 Å². The van der Waals surface area contributed by atoms with Gasteiger partial charge >= 0.3 is 12.1 Å². The molecule has 0 bridgehead atoms.